The van der Waals surface area contributed by atoms with Crippen LogP contribution < -0.4 is 5.32 Å². The summed E-state index contributed by atoms with van der Waals surface area (Å²) in [5, 5.41) is 7.46. The first kappa shape index (κ1) is 16.5. The third-order valence-corrected chi connectivity index (χ3v) is 4.53. The van der Waals surface area contributed by atoms with Crippen LogP contribution in [0.25, 0.3) is 5.69 Å². The lowest BCUT2D eigenvalue weighted by molar-refractivity contribution is -0.0860. The summed E-state index contributed by atoms with van der Waals surface area (Å²) in [7, 11) is 0. The van der Waals surface area contributed by atoms with Crippen molar-refractivity contribution >= 4 is 11.7 Å². The van der Waals surface area contributed by atoms with Gasteiger partial charge in [-0.2, -0.15) is 5.10 Å². The van der Waals surface area contributed by atoms with Gasteiger partial charge >= 0.3 is 6.03 Å². The van der Waals surface area contributed by atoms with Gasteiger partial charge in [0.1, 0.15) is 0 Å². The second kappa shape index (κ2) is 6.65. The van der Waals surface area contributed by atoms with Crippen molar-refractivity contribution in [3.63, 3.8) is 0 Å². The van der Waals surface area contributed by atoms with Crippen LogP contribution in [-0.2, 0) is 4.74 Å². The third-order valence-electron chi connectivity index (χ3n) is 4.53. The number of morpholine rings is 1. The SMILES string of the molecule is CCC1(C)CN(C(=O)Nc2cn(-c3ccccc3)nc2C)CCO1. The maximum absolute atomic E-state index is 12.6. The van der Waals surface area contributed by atoms with Crippen molar-refractivity contribution in [2.75, 3.05) is 25.0 Å². The normalized spacial score (nSPS) is 20.9. The summed E-state index contributed by atoms with van der Waals surface area (Å²) in [4.78, 5) is 14.4. The molecule has 6 nitrogen and oxygen atoms in total. The van der Waals surface area contributed by atoms with E-state index >= 15 is 0 Å². The molecule has 1 fully saturated rings. The van der Waals surface area contributed by atoms with E-state index in [4.69, 9.17) is 4.74 Å². The van der Waals surface area contributed by atoms with Gasteiger partial charge in [-0.15, -0.1) is 0 Å². The third kappa shape index (κ3) is 3.43. The number of nitrogens with zero attached hydrogens (tertiary/aromatic N) is 3. The zero-order chi connectivity index (χ0) is 17.2. The number of hydrogen-bond acceptors (Lipinski definition) is 3. The molecule has 128 valence electrons. The highest BCUT2D eigenvalue weighted by Gasteiger charge is 2.32. The number of rotatable bonds is 3. The Balaban J connectivity index is 1.72. The predicted octanol–water partition coefficient (Wildman–Crippen LogP) is 3.21. The molecule has 2 aromatic rings. The highest BCUT2D eigenvalue weighted by Crippen LogP contribution is 2.22. The van der Waals surface area contributed by atoms with Crippen LogP contribution in [0.5, 0.6) is 0 Å². The molecule has 6 heteroatoms. The van der Waals surface area contributed by atoms with Crippen molar-refractivity contribution in [2.45, 2.75) is 32.8 Å². The number of amides is 2. The standard InChI is InChI=1S/C18H24N4O2/c1-4-18(3)13-21(10-11-24-18)17(23)19-16-12-22(20-14(16)2)15-8-6-5-7-9-15/h5-9,12H,4,10-11,13H2,1-3H3,(H,19,23). The Morgan fingerprint density at radius 3 is 2.83 bits per heavy atom. The zero-order valence-electron chi connectivity index (χ0n) is 14.5. The average molecular weight is 328 g/mol. The highest BCUT2D eigenvalue weighted by molar-refractivity contribution is 5.90. The van der Waals surface area contributed by atoms with Gasteiger partial charge in [-0.1, -0.05) is 25.1 Å². The molecule has 1 aliphatic rings. The van der Waals surface area contributed by atoms with E-state index in [2.05, 4.69) is 17.3 Å². The lowest BCUT2D eigenvalue weighted by Gasteiger charge is -2.39. The summed E-state index contributed by atoms with van der Waals surface area (Å²) in [5.74, 6) is 0. The summed E-state index contributed by atoms with van der Waals surface area (Å²) in [6.45, 7) is 7.79. The summed E-state index contributed by atoms with van der Waals surface area (Å²) < 4.78 is 7.57. The molecule has 2 heterocycles. The monoisotopic (exact) mass is 328 g/mol. The number of carbonyl (C=O) groups is 1. The average Bonchev–Trinajstić information content (AvgIpc) is 2.96. The molecule has 0 saturated carbocycles. The summed E-state index contributed by atoms with van der Waals surface area (Å²) in [5.41, 5.74) is 2.22. The number of aromatic nitrogens is 2. The number of hydrogen-bond donors (Lipinski definition) is 1. The van der Waals surface area contributed by atoms with Gasteiger partial charge < -0.3 is 15.0 Å². The van der Waals surface area contributed by atoms with Crippen molar-refractivity contribution in [1.82, 2.24) is 14.7 Å². The van der Waals surface area contributed by atoms with Crippen LogP contribution in [0, 0.1) is 6.92 Å². The molecule has 1 aromatic carbocycles. The van der Waals surface area contributed by atoms with Gasteiger partial charge in [0.05, 0.1) is 42.0 Å². The van der Waals surface area contributed by atoms with E-state index in [9.17, 15) is 4.79 Å². The molecule has 0 aliphatic carbocycles. The van der Waals surface area contributed by atoms with E-state index in [1.54, 1.807) is 4.68 Å². The van der Waals surface area contributed by atoms with Crippen LogP contribution in [0.2, 0.25) is 0 Å². The second-order valence-electron chi connectivity index (χ2n) is 6.41. The maximum Gasteiger partial charge on any atom is 0.322 e. The van der Waals surface area contributed by atoms with Crippen LogP contribution in [0.1, 0.15) is 26.0 Å². The smallest absolute Gasteiger partial charge is 0.322 e. The largest absolute Gasteiger partial charge is 0.372 e. The Labute approximate surface area is 142 Å². The van der Waals surface area contributed by atoms with Crippen molar-refractivity contribution < 1.29 is 9.53 Å². The molecule has 1 atom stereocenters. The zero-order valence-corrected chi connectivity index (χ0v) is 14.5. The Bertz CT molecular complexity index is 713. The van der Waals surface area contributed by atoms with E-state index < -0.39 is 0 Å². The van der Waals surface area contributed by atoms with E-state index in [0.717, 1.165) is 23.5 Å². The van der Waals surface area contributed by atoms with Crippen molar-refractivity contribution in [3.8, 4) is 5.69 Å². The maximum atomic E-state index is 12.6. The number of para-hydroxylation sites is 1. The minimum Gasteiger partial charge on any atom is -0.372 e. The lowest BCUT2D eigenvalue weighted by atomic mass is 10.0. The van der Waals surface area contributed by atoms with Gasteiger partial charge in [0.15, 0.2) is 0 Å². The van der Waals surface area contributed by atoms with Crippen LogP contribution >= 0.6 is 0 Å². The lowest BCUT2D eigenvalue weighted by Crippen LogP contribution is -2.53. The van der Waals surface area contributed by atoms with Crippen LogP contribution in [0.15, 0.2) is 36.5 Å². The Hall–Kier alpha value is -2.34. The quantitative estimate of drug-likeness (QED) is 0.941. The molecule has 1 aliphatic heterocycles. The van der Waals surface area contributed by atoms with Crippen molar-refractivity contribution in [2.24, 2.45) is 0 Å². The number of anilines is 1. The molecular weight excluding hydrogens is 304 g/mol. The first-order valence-corrected chi connectivity index (χ1v) is 8.32. The van der Waals surface area contributed by atoms with Gasteiger partial charge in [0, 0.05) is 6.54 Å². The van der Waals surface area contributed by atoms with E-state index in [0.29, 0.717) is 19.7 Å². The van der Waals surface area contributed by atoms with Gasteiger partial charge in [-0.3, -0.25) is 0 Å². The molecule has 1 aromatic heterocycles. The summed E-state index contributed by atoms with van der Waals surface area (Å²) in [6, 6.07) is 9.74. The fraction of sp³-hybridized carbons (Fsp3) is 0.444. The molecule has 0 spiro atoms. The number of ether oxygens (including phenoxy) is 1. The minimum atomic E-state index is -0.265. The van der Waals surface area contributed by atoms with Crippen molar-refractivity contribution in [3.05, 3.63) is 42.2 Å². The molecule has 3 rings (SSSR count). The van der Waals surface area contributed by atoms with Crippen LogP contribution in [-0.4, -0.2) is 46.0 Å². The second-order valence-corrected chi connectivity index (χ2v) is 6.41. The first-order valence-electron chi connectivity index (χ1n) is 8.32. The molecule has 24 heavy (non-hydrogen) atoms. The molecule has 2 amide bonds. The van der Waals surface area contributed by atoms with E-state index in [-0.39, 0.29) is 11.6 Å². The van der Waals surface area contributed by atoms with E-state index in [1.165, 1.54) is 0 Å². The molecule has 0 radical (unpaired) electrons. The van der Waals surface area contributed by atoms with Gasteiger partial charge in [-0.05, 0) is 32.4 Å². The van der Waals surface area contributed by atoms with Gasteiger partial charge in [-0.25, -0.2) is 9.48 Å². The molecule has 1 saturated heterocycles. The van der Waals surface area contributed by atoms with Crippen LogP contribution in [0.4, 0.5) is 10.5 Å². The number of carbonyl (C=O) groups excluding carboxylic acids is 1. The van der Waals surface area contributed by atoms with Gasteiger partial charge in [0.25, 0.3) is 0 Å². The van der Waals surface area contributed by atoms with Crippen LogP contribution in [0.3, 0.4) is 0 Å². The first-order chi connectivity index (χ1) is 11.5. The van der Waals surface area contributed by atoms with E-state index in [1.807, 2.05) is 55.3 Å². The number of benzene rings is 1. The predicted molar refractivity (Wildman–Crippen MR) is 93.5 cm³/mol. The molecule has 1 unspecified atom stereocenters. The van der Waals surface area contributed by atoms with Gasteiger partial charge in [0.2, 0.25) is 0 Å². The number of aryl methyl sites for hydroxylation is 1. The fourth-order valence-electron chi connectivity index (χ4n) is 2.81. The number of nitrogens with one attached hydrogen (secondary N) is 1. The molecule has 1 N–H and O–H groups in total. The summed E-state index contributed by atoms with van der Waals surface area (Å²) in [6.07, 6.45) is 2.73. The Morgan fingerprint density at radius 1 is 1.38 bits per heavy atom. The topological polar surface area (TPSA) is 59.4 Å². The minimum absolute atomic E-state index is 0.103. The Kier molecular flexibility index (Phi) is 4.57. The molecule has 0 bridgehead atoms. The number of urea groups is 1. The summed E-state index contributed by atoms with van der Waals surface area (Å²) >= 11 is 0. The highest BCUT2D eigenvalue weighted by atomic mass is 16.5. The molecular formula is C18H24N4O2. The Morgan fingerprint density at radius 2 is 2.12 bits per heavy atom. The fourth-order valence-corrected chi connectivity index (χ4v) is 2.81. The van der Waals surface area contributed by atoms with Crippen molar-refractivity contribution in [1.29, 1.82) is 0 Å².